The van der Waals surface area contributed by atoms with Gasteiger partial charge < -0.3 is 20.1 Å². The number of aromatic hydroxyl groups is 2. The average Bonchev–Trinajstić information content (AvgIpc) is 2.31. The second kappa shape index (κ2) is 5.72. The van der Waals surface area contributed by atoms with Gasteiger partial charge in [-0.05, 0) is 12.1 Å². The molecule has 0 amide bonds. The maximum absolute atomic E-state index is 10.8. The van der Waals surface area contributed by atoms with Crippen molar-refractivity contribution in [2.75, 3.05) is 7.11 Å². The summed E-state index contributed by atoms with van der Waals surface area (Å²) in [6, 6.07) is 2.03. The molecule has 1 aromatic carbocycles. The summed E-state index contributed by atoms with van der Waals surface area (Å²) in [5.74, 6) is -2.49. The first kappa shape index (κ1) is 13.6. The van der Waals surface area contributed by atoms with Crippen molar-refractivity contribution < 1.29 is 29.6 Å². The van der Waals surface area contributed by atoms with Crippen LogP contribution < -0.4 is 0 Å². The molecular formula is C12H12O6. The lowest BCUT2D eigenvalue weighted by atomic mass is 10.1. The van der Waals surface area contributed by atoms with Gasteiger partial charge in [-0.3, -0.25) is 4.79 Å². The highest BCUT2D eigenvalue weighted by atomic mass is 16.5. The first-order valence-electron chi connectivity index (χ1n) is 4.98. The molecule has 0 bridgehead atoms. The first-order valence-corrected chi connectivity index (χ1v) is 4.98. The Balaban J connectivity index is 2.97. The van der Waals surface area contributed by atoms with Crippen LogP contribution in [0.1, 0.15) is 22.3 Å². The molecule has 18 heavy (non-hydrogen) atoms. The van der Waals surface area contributed by atoms with Gasteiger partial charge in [0.05, 0.1) is 24.7 Å². The summed E-state index contributed by atoms with van der Waals surface area (Å²) in [6.07, 6.45) is 2.68. The van der Waals surface area contributed by atoms with Crippen molar-refractivity contribution in [1.82, 2.24) is 0 Å². The summed E-state index contributed by atoms with van der Waals surface area (Å²) >= 11 is 0. The molecule has 6 heteroatoms. The van der Waals surface area contributed by atoms with Crippen molar-refractivity contribution in [3.63, 3.8) is 0 Å². The average molecular weight is 252 g/mol. The number of benzene rings is 1. The lowest BCUT2D eigenvalue weighted by molar-refractivity contribution is -0.139. The molecule has 0 aromatic heterocycles. The van der Waals surface area contributed by atoms with Gasteiger partial charge in [-0.15, -0.1) is 0 Å². The van der Waals surface area contributed by atoms with Crippen molar-refractivity contribution in [1.29, 1.82) is 0 Å². The Bertz CT molecular complexity index is 480. The van der Waals surface area contributed by atoms with Crippen LogP contribution >= 0.6 is 0 Å². The summed E-state index contributed by atoms with van der Waals surface area (Å²) in [7, 11) is 1.24. The van der Waals surface area contributed by atoms with Gasteiger partial charge in [-0.25, -0.2) is 4.79 Å². The Morgan fingerprint density at radius 1 is 1.28 bits per heavy atom. The quantitative estimate of drug-likeness (QED) is 0.699. The first-order chi connectivity index (χ1) is 8.45. The number of carboxylic acids is 1. The monoisotopic (exact) mass is 252 g/mol. The highest BCUT2D eigenvalue weighted by Crippen LogP contribution is 2.30. The number of phenolic OH excluding ortho intramolecular Hbond substituents is 2. The zero-order valence-corrected chi connectivity index (χ0v) is 9.58. The minimum Gasteiger partial charge on any atom is -0.507 e. The number of esters is 1. The van der Waals surface area contributed by atoms with E-state index in [-0.39, 0.29) is 29.0 Å². The second-order valence-electron chi connectivity index (χ2n) is 3.42. The summed E-state index contributed by atoms with van der Waals surface area (Å²) in [5, 5.41) is 27.8. The number of aromatic carboxylic acids is 1. The lowest BCUT2D eigenvalue weighted by Gasteiger charge is -2.04. The van der Waals surface area contributed by atoms with Crippen LogP contribution in [0.5, 0.6) is 11.5 Å². The van der Waals surface area contributed by atoms with Gasteiger partial charge in [-0.1, -0.05) is 12.2 Å². The standard InChI is InChI=1S/C12H12O6/c1-18-11(15)4-2-3-8-9(13)5-7(12(16)17)6-10(8)14/h2-3,5-6,13-14H,4H2,1H3,(H,16,17). The molecule has 96 valence electrons. The molecule has 6 nitrogen and oxygen atoms in total. The van der Waals surface area contributed by atoms with E-state index >= 15 is 0 Å². The van der Waals surface area contributed by atoms with Crippen LogP contribution in [0.3, 0.4) is 0 Å². The van der Waals surface area contributed by atoms with Crippen LogP contribution in [0.4, 0.5) is 0 Å². The Morgan fingerprint density at radius 2 is 1.83 bits per heavy atom. The van der Waals surface area contributed by atoms with Crippen molar-refractivity contribution in [3.05, 3.63) is 29.3 Å². The Morgan fingerprint density at radius 3 is 2.28 bits per heavy atom. The zero-order chi connectivity index (χ0) is 13.7. The van der Waals surface area contributed by atoms with Crippen LogP contribution in [-0.2, 0) is 9.53 Å². The van der Waals surface area contributed by atoms with E-state index in [1.807, 2.05) is 0 Å². The number of carboxylic acid groups (broad SMARTS) is 1. The minimum absolute atomic E-state index is 0.0178. The number of hydrogen-bond acceptors (Lipinski definition) is 5. The van der Waals surface area contributed by atoms with Crippen LogP contribution in [-0.4, -0.2) is 34.4 Å². The molecule has 0 aliphatic rings. The van der Waals surface area contributed by atoms with E-state index in [2.05, 4.69) is 4.74 Å². The van der Waals surface area contributed by atoms with Crippen molar-refractivity contribution in [2.24, 2.45) is 0 Å². The van der Waals surface area contributed by atoms with Gasteiger partial charge >= 0.3 is 11.9 Å². The molecule has 0 heterocycles. The fraction of sp³-hybridized carbons (Fsp3) is 0.167. The molecule has 0 spiro atoms. The lowest BCUT2D eigenvalue weighted by Crippen LogP contribution is -1.97. The minimum atomic E-state index is -1.26. The predicted octanol–water partition coefficient (Wildman–Crippen LogP) is 1.37. The predicted molar refractivity (Wildman–Crippen MR) is 62.4 cm³/mol. The summed E-state index contributed by atoms with van der Waals surface area (Å²) in [4.78, 5) is 21.5. The van der Waals surface area contributed by atoms with Crippen LogP contribution in [0.15, 0.2) is 18.2 Å². The van der Waals surface area contributed by atoms with E-state index in [1.54, 1.807) is 0 Å². The van der Waals surface area contributed by atoms with E-state index in [9.17, 15) is 19.8 Å². The Labute approximate surface area is 103 Å². The molecule has 1 aromatic rings. The summed E-state index contributed by atoms with van der Waals surface area (Å²) < 4.78 is 4.41. The highest BCUT2D eigenvalue weighted by Gasteiger charge is 2.11. The Kier molecular flexibility index (Phi) is 4.31. The van der Waals surface area contributed by atoms with Crippen molar-refractivity contribution in [3.8, 4) is 11.5 Å². The summed E-state index contributed by atoms with van der Waals surface area (Å²) in [6.45, 7) is 0. The molecular weight excluding hydrogens is 240 g/mol. The van der Waals surface area contributed by atoms with Gasteiger partial charge in [0.2, 0.25) is 0 Å². The Hall–Kier alpha value is -2.50. The smallest absolute Gasteiger partial charge is 0.335 e. The number of hydrogen-bond donors (Lipinski definition) is 3. The molecule has 3 N–H and O–H groups in total. The maximum atomic E-state index is 10.8. The number of carbonyl (C=O) groups excluding carboxylic acids is 1. The van der Waals surface area contributed by atoms with Gasteiger partial charge in [0.1, 0.15) is 11.5 Å². The third kappa shape index (κ3) is 3.24. The zero-order valence-electron chi connectivity index (χ0n) is 9.58. The molecule has 0 saturated carbocycles. The van der Waals surface area contributed by atoms with E-state index < -0.39 is 11.9 Å². The number of rotatable bonds is 4. The molecule has 0 aliphatic heterocycles. The molecule has 0 saturated heterocycles. The van der Waals surface area contributed by atoms with Crippen LogP contribution in [0, 0.1) is 0 Å². The van der Waals surface area contributed by atoms with E-state index in [4.69, 9.17) is 5.11 Å². The normalized spacial score (nSPS) is 10.5. The van der Waals surface area contributed by atoms with Gasteiger partial charge in [0, 0.05) is 0 Å². The molecule has 0 unspecified atom stereocenters. The number of phenols is 2. The van der Waals surface area contributed by atoms with E-state index in [0.717, 1.165) is 12.1 Å². The van der Waals surface area contributed by atoms with Gasteiger partial charge in [0.25, 0.3) is 0 Å². The molecule has 0 fully saturated rings. The molecule has 1 rings (SSSR count). The van der Waals surface area contributed by atoms with Gasteiger partial charge in [-0.2, -0.15) is 0 Å². The molecule has 0 aliphatic carbocycles. The highest BCUT2D eigenvalue weighted by molar-refractivity contribution is 5.89. The number of methoxy groups -OCH3 is 1. The van der Waals surface area contributed by atoms with Crippen LogP contribution in [0.25, 0.3) is 6.08 Å². The SMILES string of the molecule is COC(=O)CC=Cc1c(O)cc(C(=O)O)cc1O. The van der Waals surface area contributed by atoms with Crippen molar-refractivity contribution >= 4 is 18.0 Å². The fourth-order valence-corrected chi connectivity index (χ4v) is 1.27. The van der Waals surface area contributed by atoms with Crippen molar-refractivity contribution in [2.45, 2.75) is 6.42 Å². The van der Waals surface area contributed by atoms with Gasteiger partial charge in [0.15, 0.2) is 0 Å². The van der Waals surface area contributed by atoms with E-state index in [0.29, 0.717) is 0 Å². The van der Waals surface area contributed by atoms with Crippen LogP contribution in [0.2, 0.25) is 0 Å². The topological polar surface area (TPSA) is 104 Å². The van der Waals surface area contributed by atoms with E-state index in [1.165, 1.54) is 19.3 Å². The number of ether oxygens (including phenoxy) is 1. The fourth-order valence-electron chi connectivity index (χ4n) is 1.27. The maximum Gasteiger partial charge on any atom is 0.335 e. The second-order valence-corrected chi connectivity index (χ2v) is 3.42. The third-order valence-electron chi connectivity index (χ3n) is 2.18. The largest absolute Gasteiger partial charge is 0.507 e. The number of carbonyl (C=O) groups is 2. The molecule has 0 atom stereocenters. The summed E-state index contributed by atoms with van der Waals surface area (Å²) in [5.41, 5.74) is -0.181. The molecule has 0 radical (unpaired) electrons. The third-order valence-corrected chi connectivity index (χ3v) is 2.18.